The van der Waals surface area contributed by atoms with Crippen LogP contribution in [0.3, 0.4) is 0 Å². The average Bonchev–Trinajstić information content (AvgIpc) is 3.40. The van der Waals surface area contributed by atoms with Gasteiger partial charge in [0.2, 0.25) is 5.91 Å². The van der Waals surface area contributed by atoms with E-state index in [0.717, 1.165) is 51.4 Å². The van der Waals surface area contributed by atoms with Crippen LogP contribution >= 0.6 is 24.0 Å². The van der Waals surface area contributed by atoms with Crippen molar-refractivity contribution < 1.29 is 4.79 Å². The van der Waals surface area contributed by atoms with Crippen molar-refractivity contribution in [3.05, 3.63) is 0 Å². The molecule has 0 aromatic carbocycles. The van der Waals surface area contributed by atoms with Crippen LogP contribution in [-0.4, -0.2) is 62.1 Å². The minimum absolute atomic E-state index is 0. The molecule has 1 aliphatic carbocycles. The Morgan fingerprint density at radius 3 is 2.44 bits per heavy atom. The summed E-state index contributed by atoms with van der Waals surface area (Å²) in [5, 5.41) is 9.68. The van der Waals surface area contributed by atoms with Crippen molar-refractivity contribution in [2.75, 3.05) is 39.3 Å². The van der Waals surface area contributed by atoms with Gasteiger partial charge in [0.1, 0.15) is 0 Å². The quantitative estimate of drug-likeness (QED) is 0.178. The van der Waals surface area contributed by atoms with Crippen molar-refractivity contribution in [1.29, 1.82) is 0 Å². The van der Waals surface area contributed by atoms with Crippen LogP contribution in [0.4, 0.5) is 0 Å². The predicted molar refractivity (Wildman–Crippen MR) is 117 cm³/mol. The maximum atomic E-state index is 11.6. The average molecular weight is 467 g/mol. The third-order valence-electron chi connectivity index (χ3n) is 4.36. The van der Waals surface area contributed by atoms with Gasteiger partial charge in [-0.1, -0.05) is 13.8 Å². The van der Waals surface area contributed by atoms with Gasteiger partial charge in [0.25, 0.3) is 0 Å². The number of nitrogens with zero attached hydrogens (tertiary/aromatic N) is 2. The molecule has 7 heteroatoms. The summed E-state index contributed by atoms with van der Waals surface area (Å²) in [7, 11) is 0. The summed E-state index contributed by atoms with van der Waals surface area (Å²) < 4.78 is 0. The van der Waals surface area contributed by atoms with E-state index in [4.69, 9.17) is 0 Å². The van der Waals surface area contributed by atoms with E-state index >= 15 is 0 Å². The largest absolute Gasteiger partial charge is 0.357 e. The van der Waals surface area contributed by atoms with Gasteiger partial charge in [-0.3, -0.25) is 9.79 Å². The molecule has 0 bridgehead atoms. The molecule has 6 nitrogen and oxygen atoms in total. The molecule has 25 heavy (non-hydrogen) atoms. The van der Waals surface area contributed by atoms with E-state index in [1.165, 1.54) is 6.42 Å². The number of rotatable bonds is 12. The second-order valence-electron chi connectivity index (χ2n) is 6.54. The second-order valence-corrected chi connectivity index (χ2v) is 6.54. The highest BCUT2D eigenvalue weighted by atomic mass is 127. The number of guanidine groups is 1. The molecule has 148 valence electrons. The highest BCUT2D eigenvalue weighted by molar-refractivity contribution is 14.0. The van der Waals surface area contributed by atoms with Crippen LogP contribution in [0.2, 0.25) is 0 Å². The normalized spacial score (nSPS) is 15.5. The van der Waals surface area contributed by atoms with Gasteiger partial charge >= 0.3 is 0 Å². The molecule has 0 aromatic rings. The fraction of sp³-hybridized carbons (Fsp3) is 0.889. The van der Waals surface area contributed by atoms with Crippen molar-refractivity contribution in [3.8, 4) is 0 Å². The van der Waals surface area contributed by atoms with Gasteiger partial charge in [0.15, 0.2) is 5.96 Å². The second kappa shape index (κ2) is 14.6. The maximum Gasteiger partial charge on any atom is 0.223 e. The number of carbonyl (C=O) groups is 1. The summed E-state index contributed by atoms with van der Waals surface area (Å²) in [4.78, 5) is 18.6. The van der Waals surface area contributed by atoms with Gasteiger partial charge in [-0.2, -0.15) is 0 Å². The van der Waals surface area contributed by atoms with Crippen LogP contribution in [-0.2, 0) is 4.79 Å². The van der Waals surface area contributed by atoms with Crippen LogP contribution in [0.25, 0.3) is 0 Å². The van der Waals surface area contributed by atoms with E-state index < -0.39 is 0 Å². The van der Waals surface area contributed by atoms with E-state index in [1.807, 2.05) is 0 Å². The first-order valence-corrected chi connectivity index (χ1v) is 9.65. The molecule has 1 saturated carbocycles. The predicted octanol–water partition coefficient (Wildman–Crippen LogP) is 2.20. The van der Waals surface area contributed by atoms with Gasteiger partial charge in [-0.05, 0) is 59.2 Å². The molecule has 1 rings (SSSR count). The Bertz CT molecular complexity index is 384. The van der Waals surface area contributed by atoms with Gasteiger partial charge < -0.3 is 20.9 Å². The molecular weight excluding hydrogens is 429 g/mol. The number of hydrogen-bond acceptors (Lipinski definition) is 3. The molecule has 1 unspecified atom stereocenters. The van der Waals surface area contributed by atoms with Crippen molar-refractivity contribution in [3.63, 3.8) is 0 Å². The topological polar surface area (TPSA) is 68.8 Å². The zero-order valence-corrected chi connectivity index (χ0v) is 18.8. The van der Waals surface area contributed by atoms with Gasteiger partial charge in [-0.25, -0.2) is 0 Å². The summed E-state index contributed by atoms with van der Waals surface area (Å²) in [5.41, 5.74) is 0. The molecule has 1 aliphatic rings. The number of carbonyl (C=O) groups excluding carboxylic acids is 1. The molecular formula is C18H38IN5O. The molecule has 1 atom stereocenters. The standard InChI is InChI=1S/C18H37N5O.HI/c1-5-19-18(21-13-12-20-17(24)16-10-11-16)22-15(4)9-8-14-23(6-2)7-3;/h15-16H,5-14H2,1-4H3,(H,20,24)(H2,19,21,22);1H. The zero-order valence-electron chi connectivity index (χ0n) is 16.4. The summed E-state index contributed by atoms with van der Waals surface area (Å²) in [6, 6.07) is 0.388. The molecule has 0 saturated heterocycles. The Hall–Kier alpha value is -0.570. The smallest absolute Gasteiger partial charge is 0.223 e. The summed E-state index contributed by atoms with van der Waals surface area (Å²) >= 11 is 0. The lowest BCUT2D eigenvalue weighted by Crippen LogP contribution is -2.43. The molecule has 0 aromatic heterocycles. The lowest BCUT2D eigenvalue weighted by molar-refractivity contribution is -0.122. The first kappa shape index (κ1) is 24.4. The number of hydrogen-bond donors (Lipinski definition) is 3. The summed E-state index contributed by atoms with van der Waals surface area (Å²) in [6.45, 7) is 14.1. The summed E-state index contributed by atoms with van der Waals surface area (Å²) in [5.74, 6) is 1.30. The fourth-order valence-corrected chi connectivity index (χ4v) is 2.62. The van der Waals surface area contributed by atoms with E-state index in [0.29, 0.717) is 19.1 Å². The first-order valence-electron chi connectivity index (χ1n) is 9.65. The fourth-order valence-electron chi connectivity index (χ4n) is 2.62. The maximum absolute atomic E-state index is 11.6. The van der Waals surface area contributed by atoms with Gasteiger partial charge in [-0.15, -0.1) is 24.0 Å². The number of aliphatic imine (C=N–C) groups is 1. The van der Waals surface area contributed by atoms with Crippen molar-refractivity contribution in [2.24, 2.45) is 10.9 Å². The van der Waals surface area contributed by atoms with Gasteiger partial charge in [0, 0.05) is 25.0 Å². The van der Waals surface area contributed by atoms with Crippen LogP contribution < -0.4 is 16.0 Å². The molecule has 0 aliphatic heterocycles. The molecule has 0 spiro atoms. The van der Waals surface area contributed by atoms with E-state index in [1.54, 1.807) is 0 Å². The minimum atomic E-state index is 0. The highest BCUT2D eigenvalue weighted by Crippen LogP contribution is 2.28. The molecule has 3 N–H and O–H groups in total. The Kier molecular flexibility index (Phi) is 14.3. The van der Waals surface area contributed by atoms with Gasteiger partial charge in [0.05, 0.1) is 6.54 Å². The van der Waals surface area contributed by atoms with Crippen molar-refractivity contribution >= 4 is 35.8 Å². The highest BCUT2D eigenvalue weighted by Gasteiger charge is 2.28. The molecule has 0 heterocycles. The number of halogens is 1. The van der Waals surface area contributed by atoms with E-state index in [2.05, 4.69) is 53.5 Å². The third kappa shape index (κ3) is 11.6. The SMILES string of the molecule is CCNC(=NCCNC(=O)C1CC1)NC(C)CCCN(CC)CC.I. The monoisotopic (exact) mass is 467 g/mol. The van der Waals surface area contributed by atoms with E-state index in [9.17, 15) is 4.79 Å². The van der Waals surface area contributed by atoms with Crippen LogP contribution in [0, 0.1) is 5.92 Å². The molecule has 0 radical (unpaired) electrons. The first-order chi connectivity index (χ1) is 11.6. The third-order valence-corrected chi connectivity index (χ3v) is 4.36. The molecule has 1 amide bonds. The van der Waals surface area contributed by atoms with Crippen LogP contribution in [0.1, 0.15) is 53.4 Å². The zero-order chi connectivity index (χ0) is 17.8. The van der Waals surface area contributed by atoms with E-state index in [-0.39, 0.29) is 35.8 Å². The Morgan fingerprint density at radius 1 is 1.20 bits per heavy atom. The van der Waals surface area contributed by atoms with Crippen LogP contribution in [0.5, 0.6) is 0 Å². The number of amides is 1. The van der Waals surface area contributed by atoms with Crippen molar-refractivity contribution in [2.45, 2.75) is 59.4 Å². The lowest BCUT2D eigenvalue weighted by atomic mass is 10.2. The Morgan fingerprint density at radius 2 is 1.88 bits per heavy atom. The molecule has 1 fully saturated rings. The minimum Gasteiger partial charge on any atom is -0.357 e. The van der Waals surface area contributed by atoms with Crippen molar-refractivity contribution in [1.82, 2.24) is 20.9 Å². The Balaban J connectivity index is 0.00000576. The van der Waals surface area contributed by atoms with Crippen LogP contribution in [0.15, 0.2) is 4.99 Å². The lowest BCUT2D eigenvalue weighted by Gasteiger charge is -2.21. The summed E-state index contributed by atoms with van der Waals surface area (Å²) in [6.07, 6.45) is 4.40. The number of nitrogens with one attached hydrogen (secondary N) is 3. The Labute approximate surface area is 171 Å².